The van der Waals surface area contributed by atoms with Crippen LogP contribution in [0.3, 0.4) is 0 Å². The number of carbonyl (C=O) groups is 2. The number of hydrogen-bond donors (Lipinski definition) is 0. The van der Waals surface area contributed by atoms with E-state index in [9.17, 15) is 9.59 Å². The first-order chi connectivity index (χ1) is 13.3. The van der Waals surface area contributed by atoms with Gasteiger partial charge in [0.2, 0.25) is 0 Å². The molecule has 0 aromatic heterocycles. The summed E-state index contributed by atoms with van der Waals surface area (Å²) in [4.78, 5) is 27.5. The van der Waals surface area contributed by atoms with Gasteiger partial charge in [-0.1, -0.05) is 29.8 Å². The van der Waals surface area contributed by atoms with Crippen LogP contribution in [-0.2, 0) is 14.3 Å². The van der Waals surface area contributed by atoms with Gasteiger partial charge in [0.25, 0.3) is 5.91 Å². The van der Waals surface area contributed by atoms with E-state index in [2.05, 4.69) is 0 Å². The zero-order chi connectivity index (χ0) is 20.4. The van der Waals surface area contributed by atoms with Gasteiger partial charge >= 0.3 is 5.97 Å². The predicted molar refractivity (Wildman–Crippen MR) is 112 cm³/mol. The van der Waals surface area contributed by atoms with Crippen LogP contribution in [0.4, 0.5) is 5.69 Å². The Morgan fingerprint density at radius 1 is 1.07 bits per heavy atom. The number of hydrogen-bond acceptors (Lipinski definition) is 3. The number of nitrogens with zero attached hydrogens (tertiary/aromatic N) is 1. The van der Waals surface area contributed by atoms with E-state index in [1.807, 2.05) is 32.0 Å². The van der Waals surface area contributed by atoms with E-state index in [1.54, 1.807) is 49.1 Å². The van der Waals surface area contributed by atoms with Crippen LogP contribution >= 0.6 is 11.6 Å². The van der Waals surface area contributed by atoms with Gasteiger partial charge in [-0.25, -0.2) is 4.79 Å². The molecule has 0 aliphatic carbocycles. The lowest BCUT2D eigenvalue weighted by Gasteiger charge is -2.19. The molecule has 0 saturated heterocycles. The Morgan fingerprint density at radius 2 is 1.75 bits per heavy atom. The summed E-state index contributed by atoms with van der Waals surface area (Å²) in [6.45, 7) is 7.76. The topological polar surface area (TPSA) is 46.6 Å². The average Bonchev–Trinajstić information content (AvgIpc) is 2.90. The summed E-state index contributed by atoms with van der Waals surface area (Å²) in [5, 5.41) is 0.606. The fourth-order valence-electron chi connectivity index (χ4n) is 3.18. The summed E-state index contributed by atoms with van der Waals surface area (Å²) in [5.74, 6) is -0.751. The van der Waals surface area contributed by atoms with Crippen molar-refractivity contribution < 1.29 is 14.3 Å². The van der Waals surface area contributed by atoms with Crippen molar-refractivity contribution >= 4 is 35.2 Å². The molecule has 3 rings (SSSR count). The quantitative estimate of drug-likeness (QED) is 0.526. The summed E-state index contributed by atoms with van der Waals surface area (Å²) < 4.78 is 5.22. The van der Waals surface area contributed by atoms with E-state index in [4.69, 9.17) is 16.3 Å². The highest BCUT2D eigenvalue weighted by atomic mass is 35.5. The lowest BCUT2D eigenvalue weighted by Crippen LogP contribution is -2.24. The van der Waals surface area contributed by atoms with E-state index >= 15 is 0 Å². The van der Waals surface area contributed by atoms with Gasteiger partial charge in [0, 0.05) is 16.4 Å². The van der Waals surface area contributed by atoms with E-state index < -0.39 is 5.97 Å². The molecule has 0 radical (unpaired) electrons. The highest BCUT2D eigenvalue weighted by Gasteiger charge is 2.38. The van der Waals surface area contributed by atoms with Crippen LogP contribution in [-0.4, -0.2) is 18.5 Å². The molecular formula is C23H22ClNO3. The normalized spacial score (nSPS) is 15.5. The van der Waals surface area contributed by atoms with Crippen LogP contribution in [0.2, 0.25) is 5.02 Å². The fourth-order valence-corrected chi connectivity index (χ4v) is 3.31. The van der Waals surface area contributed by atoms with Crippen LogP contribution in [0.1, 0.15) is 30.5 Å². The molecule has 2 aromatic carbocycles. The molecule has 28 heavy (non-hydrogen) atoms. The van der Waals surface area contributed by atoms with Gasteiger partial charge in [0.05, 0.1) is 17.8 Å². The van der Waals surface area contributed by atoms with Gasteiger partial charge in [0.1, 0.15) is 0 Å². The van der Waals surface area contributed by atoms with Crippen molar-refractivity contribution in [2.24, 2.45) is 0 Å². The summed E-state index contributed by atoms with van der Waals surface area (Å²) in [7, 11) is 0. The molecule has 144 valence electrons. The molecule has 1 heterocycles. The lowest BCUT2D eigenvalue weighted by atomic mass is 10.0. The third-order valence-corrected chi connectivity index (χ3v) is 5.06. The van der Waals surface area contributed by atoms with Crippen LogP contribution in [0.15, 0.2) is 59.3 Å². The van der Waals surface area contributed by atoms with Crippen molar-refractivity contribution in [3.63, 3.8) is 0 Å². The second kappa shape index (κ2) is 8.03. The molecule has 5 heteroatoms. The summed E-state index contributed by atoms with van der Waals surface area (Å²) in [6, 6.07) is 12.9. The number of amides is 1. The summed E-state index contributed by atoms with van der Waals surface area (Å²) in [5.41, 5.74) is 4.89. The number of carbonyl (C=O) groups excluding carboxylic acids is 2. The number of esters is 1. The zero-order valence-electron chi connectivity index (χ0n) is 16.4. The van der Waals surface area contributed by atoms with Crippen molar-refractivity contribution in [1.82, 2.24) is 0 Å². The standard InChI is InChI=1S/C23H22ClNO3/c1-5-28-23(27)21-16(4)25(19-11-6-14(2)15(3)12-19)22(26)20(21)13-17-7-9-18(24)10-8-17/h6-13H,5H2,1-4H3. The molecule has 1 aliphatic heterocycles. The average molecular weight is 396 g/mol. The Bertz CT molecular complexity index is 1000. The maximum Gasteiger partial charge on any atom is 0.340 e. The maximum absolute atomic E-state index is 13.3. The molecule has 4 nitrogen and oxygen atoms in total. The number of aryl methyl sites for hydroxylation is 2. The first kappa shape index (κ1) is 19.9. The molecule has 1 aliphatic rings. The second-order valence-electron chi connectivity index (χ2n) is 6.70. The minimum atomic E-state index is -0.500. The molecule has 0 atom stereocenters. The molecule has 0 saturated carbocycles. The first-order valence-corrected chi connectivity index (χ1v) is 9.48. The van der Waals surface area contributed by atoms with Crippen LogP contribution < -0.4 is 4.90 Å². The van der Waals surface area contributed by atoms with Crippen molar-refractivity contribution in [1.29, 1.82) is 0 Å². The highest BCUT2D eigenvalue weighted by molar-refractivity contribution is 6.30. The Balaban J connectivity index is 2.13. The highest BCUT2D eigenvalue weighted by Crippen LogP contribution is 2.36. The number of halogens is 1. The molecule has 0 bridgehead atoms. The Labute approximate surface area is 170 Å². The Kier molecular flexibility index (Phi) is 5.71. The number of allylic oxidation sites excluding steroid dienone is 1. The van der Waals surface area contributed by atoms with Gasteiger partial charge < -0.3 is 4.74 Å². The molecule has 0 fully saturated rings. The van der Waals surface area contributed by atoms with Gasteiger partial charge in [-0.2, -0.15) is 0 Å². The Hall–Kier alpha value is -2.85. The van der Waals surface area contributed by atoms with E-state index in [1.165, 1.54) is 0 Å². The van der Waals surface area contributed by atoms with E-state index in [-0.39, 0.29) is 12.5 Å². The van der Waals surface area contributed by atoms with Gasteiger partial charge in [-0.05, 0) is 74.7 Å². The van der Waals surface area contributed by atoms with Crippen molar-refractivity contribution in [2.75, 3.05) is 11.5 Å². The maximum atomic E-state index is 13.3. The number of rotatable bonds is 4. The predicted octanol–water partition coefficient (Wildman–Crippen LogP) is 5.22. The van der Waals surface area contributed by atoms with Gasteiger partial charge in [-0.15, -0.1) is 0 Å². The van der Waals surface area contributed by atoms with Gasteiger partial charge in [-0.3, -0.25) is 9.69 Å². The zero-order valence-corrected chi connectivity index (χ0v) is 17.1. The smallest absolute Gasteiger partial charge is 0.340 e. The second-order valence-corrected chi connectivity index (χ2v) is 7.14. The molecule has 0 unspecified atom stereocenters. The lowest BCUT2D eigenvalue weighted by molar-refractivity contribution is -0.138. The molecule has 1 amide bonds. The molecule has 2 aromatic rings. The third kappa shape index (κ3) is 3.73. The van der Waals surface area contributed by atoms with Crippen LogP contribution in [0.5, 0.6) is 0 Å². The van der Waals surface area contributed by atoms with Crippen molar-refractivity contribution in [2.45, 2.75) is 27.7 Å². The molecular weight excluding hydrogens is 374 g/mol. The summed E-state index contributed by atoms with van der Waals surface area (Å²) >= 11 is 5.95. The third-order valence-electron chi connectivity index (χ3n) is 4.81. The molecule has 0 spiro atoms. The Morgan fingerprint density at radius 3 is 2.36 bits per heavy atom. The minimum absolute atomic E-state index is 0.238. The van der Waals surface area contributed by atoms with Crippen LogP contribution in [0, 0.1) is 13.8 Å². The fraction of sp³-hybridized carbons (Fsp3) is 0.217. The first-order valence-electron chi connectivity index (χ1n) is 9.10. The SMILES string of the molecule is CCOC(=O)C1=C(C)N(c2ccc(C)c(C)c2)C(=O)C1=Cc1ccc(Cl)cc1. The largest absolute Gasteiger partial charge is 0.462 e. The van der Waals surface area contributed by atoms with E-state index in [0.717, 1.165) is 22.4 Å². The van der Waals surface area contributed by atoms with E-state index in [0.29, 0.717) is 21.9 Å². The van der Waals surface area contributed by atoms with Gasteiger partial charge in [0.15, 0.2) is 0 Å². The van der Waals surface area contributed by atoms with Crippen molar-refractivity contribution in [3.05, 3.63) is 81.0 Å². The number of ether oxygens (including phenoxy) is 1. The molecule has 0 N–H and O–H groups in total. The van der Waals surface area contributed by atoms with Crippen molar-refractivity contribution in [3.8, 4) is 0 Å². The minimum Gasteiger partial charge on any atom is -0.462 e. The number of anilines is 1. The number of benzene rings is 2. The summed E-state index contributed by atoms with van der Waals surface area (Å²) in [6.07, 6.45) is 1.70. The monoisotopic (exact) mass is 395 g/mol. The van der Waals surface area contributed by atoms with Crippen LogP contribution in [0.25, 0.3) is 6.08 Å².